The second kappa shape index (κ2) is 3.30. The maximum Gasteiger partial charge on any atom is 0.125 e. The van der Waals surface area contributed by atoms with Gasteiger partial charge in [0.05, 0.1) is 0 Å². The largest absolute Gasteiger partial charge is 0.303 e. The molecule has 0 aliphatic rings. The van der Waals surface area contributed by atoms with Crippen molar-refractivity contribution >= 4 is 27.7 Å². The zero-order valence-corrected chi connectivity index (χ0v) is 8.23. The molecule has 2 heteroatoms. The van der Waals surface area contributed by atoms with E-state index in [0.29, 0.717) is 6.42 Å². The third-order valence-electron chi connectivity index (χ3n) is 2.08. The van der Waals surface area contributed by atoms with E-state index >= 15 is 0 Å². The molecule has 0 aliphatic heterocycles. The van der Waals surface area contributed by atoms with Crippen LogP contribution in [0.15, 0.2) is 24.3 Å². The number of benzene rings is 1. The van der Waals surface area contributed by atoms with Gasteiger partial charge in [-0.15, -0.1) is 11.3 Å². The van der Waals surface area contributed by atoms with Gasteiger partial charge < -0.3 is 4.79 Å². The van der Waals surface area contributed by atoms with Gasteiger partial charge >= 0.3 is 0 Å². The molecule has 0 saturated carbocycles. The van der Waals surface area contributed by atoms with Crippen LogP contribution in [0.2, 0.25) is 0 Å². The van der Waals surface area contributed by atoms with E-state index in [9.17, 15) is 4.79 Å². The molecule has 1 heterocycles. The van der Waals surface area contributed by atoms with Crippen molar-refractivity contribution in [3.63, 3.8) is 0 Å². The highest BCUT2D eigenvalue weighted by molar-refractivity contribution is 7.19. The van der Waals surface area contributed by atoms with Crippen LogP contribution >= 0.6 is 11.3 Å². The summed E-state index contributed by atoms with van der Waals surface area (Å²) in [6.07, 6.45) is 1.50. The number of fused-ring (bicyclic) bond motifs is 1. The van der Waals surface area contributed by atoms with Crippen LogP contribution in [-0.4, -0.2) is 6.29 Å². The predicted octanol–water partition coefficient (Wildman–Crippen LogP) is 2.95. The van der Waals surface area contributed by atoms with Gasteiger partial charge in [-0.1, -0.05) is 18.2 Å². The first kappa shape index (κ1) is 8.45. The molecule has 1 nitrogen and oxygen atoms in total. The van der Waals surface area contributed by atoms with Gasteiger partial charge in [-0.3, -0.25) is 0 Å². The van der Waals surface area contributed by atoms with Crippen LogP contribution in [0.1, 0.15) is 10.4 Å². The maximum atomic E-state index is 10.3. The van der Waals surface area contributed by atoms with Crippen molar-refractivity contribution in [1.82, 2.24) is 0 Å². The summed E-state index contributed by atoms with van der Waals surface area (Å²) in [6, 6.07) is 8.34. The number of aryl methyl sites for hydroxylation is 1. The number of rotatable bonds is 2. The standard InChI is InChI=1S/C11H10OS/c1-8-3-2-4-9-7-10(5-6-12)13-11(8)9/h2-4,6-7H,5H2,1H3. The molecule has 66 valence electrons. The van der Waals surface area contributed by atoms with Gasteiger partial charge in [-0.25, -0.2) is 0 Å². The molecule has 0 N–H and O–H groups in total. The molecule has 0 aliphatic carbocycles. The van der Waals surface area contributed by atoms with Crippen molar-refractivity contribution in [3.05, 3.63) is 34.7 Å². The van der Waals surface area contributed by atoms with Gasteiger partial charge in [-0.05, 0) is 23.9 Å². The normalized spacial score (nSPS) is 10.5. The molecule has 0 saturated heterocycles. The van der Waals surface area contributed by atoms with Crippen LogP contribution in [-0.2, 0) is 11.2 Å². The molecular weight excluding hydrogens is 180 g/mol. The molecule has 0 unspecified atom stereocenters. The van der Waals surface area contributed by atoms with Gasteiger partial charge in [0.1, 0.15) is 6.29 Å². The lowest BCUT2D eigenvalue weighted by molar-refractivity contribution is -0.107. The predicted molar refractivity (Wildman–Crippen MR) is 56.3 cm³/mol. The number of hydrogen-bond donors (Lipinski definition) is 0. The Bertz CT molecular complexity index is 442. The van der Waals surface area contributed by atoms with Gasteiger partial charge in [0.25, 0.3) is 0 Å². The van der Waals surface area contributed by atoms with Crippen LogP contribution in [0.25, 0.3) is 10.1 Å². The summed E-state index contributed by atoms with van der Waals surface area (Å²) in [5.41, 5.74) is 1.29. The minimum absolute atomic E-state index is 0.540. The molecule has 2 rings (SSSR count). The summed E-state index contributed by atoms with van der Waals surface area (Å²) >= 11 is 1.72. The lowest BCUT2D eigenvalue weighted by atomic mass is 10.2. The highest BCUT2D eigenvalue weighted by Crippen LogP contribution is 2.28. The minimum atomic E-state index is 0.540. The Morgan fingerprint density at radius 2 is 2.31 bits per heavy atom. The van der Waals surface area contributed by atoms with E-state index in [0.717, 1.165) is 11.2 Å². The van der Waals surface area contributed by atoms with Gasteiger partial charge in [-0.2, -0.15) is 0 Å². The number of carbonyl (C=O) groups excluding carboxylic acids is 1. The molecule has 13 heavy (non-hydrogen) atoms. The number of aldehydes is 1. The van der Waals surface area contributed by atoms with Crippen LogP contribution in [0.4, 0.5) is 0 Å². The molecule has 0 atom stereocenters. The third kappa shape index (κ3) is 1.49. The Kier molecular flexibility index (Phi) is 2.15. The van der Waals surface area contributed by atoms with E-state index < -0.39 is 0 Å². The smallest absolute Gasteiger partial charge is 0.125 e. The Labute approximate surface area is 81.0 Å². The maximum absolute atomic E-state index is 10.3. The first-order chi connectivity index (χ1) is 6.31. The fraction of sp³-hybridized carbons (Fsp3) is 0.182. The zero-order chi connectivity index (χ0) is 9.26. The van der Waals surface area contributed by atoms with Crippen molar-refractivity contribution in [1.29, 1.82) is 0 Å². The van der Waals surface area contributed by atoms with Crippen molar-refractivity contribution in [3.8, 4) is 0 Å². The van der Waals surface area contributed by atoms with Crippen molar-refractivity contribution in [2.24, 2.45) is 0 Å². The van der Waals surface area contributed by atoms with Crippen molar-refractivity contribution in [2.75, 3.05) is 0 Å². The highest BCUT2D eigenvalue weighted by Gasteiger charge is 2.02. The molecule has 0 fully saturated rings. The van der Waals surface area contributed by atoms with E-state index in [4.69, 9.17) is 0 Å². The molecule has 2 aromatic rings. The zero-order valence-electron chi connectivity index (χ0n) is 7.41. The van der Waals surface area contributed by atoms with Crippen LogP contribution in [0, 0.1) is 6.92 Å². The second-order valence-corrected chi connectivity index (χ2v) is 4.21. The Hall–Kier alpha value is -1.15. The van der Waals surface area contributed by atoms with Gasteiger partial charge in [0, 0.05) is 16.0 Å². The second-order valence-electron chi connectivity index (χ2n) is 3.08. The fourth-order valence-corrected chi connectivity index (χ4v) is 2.52. The van der Waals surface area contributed by atoms with E-state index in [1.54, 1.807) is 11.3 Å². The van der Waals surface area contributed by atoms with Crippen LogP contribution in [0.5, 0.6) is 0 Å². The van der Waals surface area contributed by atoms with Crippen LogP contribution in [0.3, 0.4) is 0 Å². The highest BCUT2D eigenvalue weighted by atomic mass is 32.1. The molecule has 0 bridgehead atoms. The van der Waals surface area contributed by atoms with Gasteiger partial charge in [0.15, 0.2) is 0 Å². The summed E-state index contributed by atoms with van der Waals surface area (Å²) < 4.78 is 1.30. The van der Waals surface area contributed by atoms with Crippen LogP contribution < -0.4 is 0 Å². The minimum Gasteiger partial charge on any atom is -0.303 e. The lowest BCUT2D eigenvalue weighted by Crippen LogP contribution is -1.76. The third-order valence-corrected chi connectivity index (χ3v) is 3.39. The molecule has 0 spiro atoms. The Morgan fingerprint density at radius 3 is 3.00 bits per heavy atom. The molecule has 0 amide bonds. The fourth-order valence-electron chi connectivity index (χ4n) is 1.44. The van der Waals surface area contributed by atoms with Gasteiger partial charge in [0.2, 0.25) is 0 Å². The summed E-state index contributed by atoms with van der Waals surface area (Å²) in [7, 11) is 0. The molecular formula is C11H10OS. The van der Waals surface area contributed by atoms with E-state index in [-0.39, 0.29) is 0 Å². The first-order valence-corrected chi connectivity index (χ1v) is 5.04. The molecule has 1 aromatic heterocycles. The number of thiophene rings is 1. The average molecular weight is 190 g/mol. The number of hydrogen-bond acceptors (Lipinski definition) is 2. The average Bonchev–Trinajstić information content (AvgIpc) is 2.49. The Balaban J connectivity index is 2.61. The van der Waals surface area contributed by atoms with Crippen molar-refractivity contribution in [2.45, 2.75) is 13.3 Å². The van der Waals surface area contributed by atoms with E-state index in [1.807, 2.05) is 0 Å². The topological polar surface area (TPSA) is 17.1 Å². The SMILES string of the molecule is Cc1cccc2cc(CC=O)sc12. The summed E-state index contributed by atoms with van der Waals surface area (Å²) in [4.78, 5) is 11.5. The number of carbonyl (C=O) groups is 1. The lowest BCUT2D eigenvalue weighted by Gasteiger charge is -1.91. The summed E-state index contributed by atoms with van der Waals surface area (Å²) in [6.45, 7) is 2.10. The van der Waals surface area contributed by atoms with E-state index in [2.05, 4.69) is 31.2 Å². The first-order valence-electron chi connectivity index (χ1n) is 4.23. The molecule has 1 aromatic carbocycles. The summed E-state index contributed by atoms with van der Waals surface area (Å²) in [5.74, 6) is 0. The van der Waals surface area contributed by atoms with Crippen molar-refractivity contribution < 1.29 is 4.79 Å². The quantitative estimate of drug-likeness (QED) is 0.665. The van der Waals surface area contributed by atoms with E-state index in [1.165, 1.54) is 15.6 Å². The Morgan fingerprint density at radius 1 is 1.46 bits per heavy atom. The summed E-state index contributed by atoms with van der Waals surface area (Å²) in [5, 5.41) is 1.25. The monoisotopic (exact) mass is 190 g/mol. The molecule has 0 radical (unpaired) electrons.